The van der Waals surface area contributed by atoms with Gasteiger partial charge in [0.2, 0.25) is 0 Å². The molecule has 2 unspecified atom stereocenters. The number of halogens is 1. The summed E-state index contributed by atoms with van der Waals surface area (Å²) in [6, 6.07) is 0. The van der Waals surface area contributed by atoms with Crippen LogP contribution in [0.5, 0.6) is 0 Å². The Morgan fingerprint density at radius 2 is 1.67 bits per heavy atom. The van der Waals surface area contributed by atoms with Gasteiger partial charge in [-0.2, -0.15) is 0 Å². The summed E-state index contributed by atoms with van der Waals surface area (Å²) in [6.07, 6.45) is 0.0456. The summed E-state index contributed by atoms with van der Waals surface area (Å²) in [6.45, 7) is 7.99. The maximum absolute atomic E-state index is 12.8. The first-order chi connectivity index (χ1) is 4.09. The van der Waals surface area contributed by atoms with Crippen molar-refractivity contribution < 1.29 is 4.39 Å². The van der Waals surface area contributed by atoms with E-state index in [1.165, 1.54) is 0 Å². The minimum absolute atomic E-state index is 0.218. The Morgan fingerprint density at radius 1 is 1.22 bits per heavy atom. The van der Waals surface area contributed by atoms with Crippen LogP contribution in [0.1, 0.15) is 34.1 Å². The molecule has 0 N–H and O–H groups in total. The van der Waals surface area contributed by atoms with Gasteiger partial charge in [-0.15, -0.1) is 0 Å². The Morgan fingerprint density at radius 3 is 1.78 bits per heavy atom. The van der Waals surface area contributed by atoms with Crippen molar-refractivity contribution in [3.63, 3.8) is 0 Å². The third-order valence-electron chi connectivity index (χ3n) is 2.01. The van der Waals surface area contributed by atoms with Gasteiger partial charge in [0.1, 0.15) is 6.17 Å². The van der Waals surface area contributed by atoms with Crippen molar-refractivity contribution in [1.82, 2.24) is 0 Å². The van der Waals surface area contributed by atoms with Gasteiger partial charge in [0.05, 0.1) is 0 Å². The van der Waals surface area contributed by atoms with E-state index in [2.05, 4.69) is 13.8 Å². The van der Waals surface area contributed by atoms with E-state index in [9.17, 15) is 4.39 Å². The van der Waals surface area contributed by atoms with E-state index in [1.54, 1.807) is 0 Å². The number of alkyl halides is 1. The fourth-order valence-corrected chi connectivity index (χ4v) is 0.789. The van der Waals surface area contributed by atoms with Crippen LogP contribution in [-0.2, 0) is 0 Å². The normalized spacial score (nSPS) is 18.0. The van der Waals surface area contributed by atoms with Gasteiger partial charge in [0.25, 0.3) is 0 Å². The molecular formula is C8H17F. The maximum Gasteiger partial charge on any atom is 0.103 e. The van der Waals surface area contributed by atoms with Crippen LogP contribution in [0.4, 0.5) is 4.39 Å². The average Bonchev–Trinajstić information content (AvgIpc) is 1.84. The van der Waals surface area contributed by atoms with Crippen molar-refractivity contribution in [2.24, 2.45) is 11.8 Å². The van der Waals surface area contributed by atoms with Gasteiger partial charge < -0.3 is 0 Å². The molecule has 0 saturated carbocycles. The first kappa shape index (κ1) is 8.93. The van der Waals surface area contributed by atoms with Gasteiger partial charge in [-0.1, -0.05) is 27.7 Å². The smallest absolute Gasteiger partial charge is 0.103 e. The lowest BCUT2D eigenvalue weighted by Gasteiger charge is -2.18. The Balaban J connectivity index is 3.58. The fourth-order valence-electron chi connectivity index (χ4n) is 0.789. The van der Waals surface area contributed by atoms with E-state index < -0.39 is 6.17 Å². The van der Waals surface area contributed by atoms with Crippen molar-refractivity contribution in [2.75, 3.05) is 0 Å². The molecular weight excluding hydrogens is 115 g/mol. The largest absolute Gasteiger partial charge is 0.247 e. The van der Waals surface area contributed by atoms with Gasteiger partial charge in [0.15, 0.2) is 0 Å². The third-order valence-corrected chi connectivity index (χ3v) is 2.01. The Kier molecular flexibility index (Phi) is 3.83. The number of rotatable bonds is 3. The zero-order valence-electron chi connectivity index (χ0n) is 6.82. The fraction of sp³-hybridized carbons (Fsp3) is 1.00. The van der Waals surface area contributed by atoms with Crippen LogP contribution >= 0.6 is 0 Å². The second kappa shape index (κ2) is 3.86. The molecule has 0 aromatic heterocycles. The summed E-state index contributed by atoms with van der Waals surface area (Å²) in [4.78, 5) is 0. The topological polar surface area (TPSA) is 0 Å². The second-order valence-electron chi connectivity index (χ2n) is 3.03. The number of hydrogen-bond acceptors (Lipinski definition) is 0. The first-order valence-electron chi connectivity index (χ1n) is 3.73. The summed E-state index contributed by atoms with van der Waals surface area (Å²) in [5.41, 5.74) is 0. The first-order valence-corrected chi connectivity index (χ1v) is 3.73. The molecule has 56 valence electrons. The highest BCUT2D eigenvalue weighted by Gasteiger charge is 2.16. The molecule has 0 aliphatic carbocycles. The van der Waals surface area contributed by atoms with Gasteiger partial charge in [-0.25, -0.2) is 4.39 Å². The van der Waals surface area contributed by atoms with Crippen molar-refractivity contribution >= 4 is 0 Å². The van der Waals surface area contributed by atoms with Gasteiger partial charge in [0, 0.05) is 0 Å². The molecule has 0 spiro atoms. The predicted molar refractivity (Wildman–Crippen MR) is 39.2 cm³/mol. The maximum atomic E-state index is 12.8. The van der Waals surface area contributed by atoms with Crippen LogP contribution in [0.2, 0.25) is 0 Å². The molecule has 0 aromatic rings. The van der Waals surface area contributed by atoms with Crippen molar-refractivity contribution in [3.05, 3.63) is 0 Å². The van der Waals surface area contributed by atoms with Crippen LogP contribution in [0.25, 0.3) is 0 Å². The highest BCUT2D eigenvalue weighted by atomic mass is 19.1. The molecule has 0 nitrogen and oxygen atoms in total. The van der Waals surface area contributed by atoms with E-state index in [0.717, 1.165) is 0 Å². The molecule has 0 amide bonds. The Labute approximate surface area is 57.5 Å². The standard InChI is InChI=1S/C8H17F/c1-5-8(9)7(4)6(2)3/h6-8H,5H2,1-4H3. The van der Waals surface area contributed by atoms with Crippen LogP contribution in [0, 0.1) is 11.8 Å². The average molecular weight is 132 g/mol. The molecule has 0 saturated heterocycles. The highest BCUT2D eigenvalue weighted by molar-refractivity contribution is 4.65. The van der Waals surface area contributed by atoms with Gasteiger partial charge in [-0.3, -0.25) is 0 Å². The molecule has 0 aliphatic heterocycles. The highest BCUT2D eigenvalue weighted by Crippen LogP contribution is 2.18. The monoisotopic (exact) mass is 132 g/mol. The molecule has 0 rings (SSSR count). The van der Waals surface area contributed by atoms with Crippen molar-refractivity contribution in [1.29, 1.82) is 0 Å². The number of hydrogen-bond donors (Lipinski definition) is 0. The van der Waals surface area contributed by atoms with E-state index in [0.29, 0.717) is 12.3 Å². The summed E-state index contributed by atoms with van der Waals surface area (Å²) >= 11 is 0. The summed E-state index contributed by atoms with van der Waals surface area (Å²) < 4.78 is 12.8. The lowest BCUT2D eigenvalue weighted by molar-refractivity contribution is 0.191. The van der Waals surface area contributed by atoms with Gasteiger partial charge >= 0.3 is 0 Å². The predicted octanol–water partition coefficient (Wildman–Crippen LogP) is 3.03. The zero-order chi connectivity index (χ0) is 7.44. The lowest BCUT2D eigenvalue weighted by atomic mass is 9.92. The lowest BCUT2D eigenvalue weighted by Crippen LogP contribution is -2.16. The van der Waals surface area contributed by atoms with Crippen LogP contribution in [0.15, 0.2) is 0 Å². The summed E-state index contributed by atoms with van der Waals surface area (Å²) in [5, 5.41) is 0. The van der Waals surface area contributed by atoms with Crippen molar-refractivity contribution in [3.8, 4) is 0 Å². The van der Waals surface area contributed by atoms with Crippen molar-refractivity contribution in [2.45, 2.75) is 40.3 Å². The molecule has 0 aliphatic rings. The molecule has 0 fully saturated rings. The summed E-state index contributed by atoms with van der Waals surface area (Å²) in [7, 11) is 0. The zero-order valence-corrected chi connectivity index (χ0v) is 6.82. The minimum Gasteiger partial charge on any atom is -0.247 e. The summed E-state index contributed by atoms with van der Waals surface area (Å²) in [5.74, 6) is 0.690. The molecule has 0 heterocycles. The Hall–Kier alpha value is -0.0700. The molecule has 2 atom stereocenters. The molecule has 9 heavy (non-hydrogen) atoms. The SMILES string of the molecule is CCC(F)C(C)C(C)C. The van der Waals surface area contributed by atoms with E-state index in [-0.39, 0.29) is 5.92 Å². The molecule has 0 radical (unpaired) electrons. The minimum atomic E-state index is -0.606. The van der Waals surface area contributed by atoms with E-state index in [1.807, 2.05) is 13.8 Å². The third kappa shape index (κ3) is 2.83. The molecule has 0 bridgehead atoms. The van der Waals surface area contributed by atoms with Crippen LogP contribution < -0.4 is 0 Å². The quantitative estimate of drug-likeness (QED) is 0.553. The molecule has 1 heteroatoms. The van der Waals surface area contributed by atoms with Crippen LogP contribution in [0.3, 0.4) is 0 Å². The second-order valence-corrected chi connectivity index (χ2v) is 3.03. The van der Waals surface area contributed by atoms with Crippen LogP contribution in [-0.4, -0.2) is 6.17 Å². The van der Waals surface area contributed by atoms with E-state index >= 15 is 0 Å². The van der Waals surface area contributed by atoms with Gasteiger partial charge in [-0.05, 0) is 18.3 Å². The molecule has 0 aromatic carbocycles. The Bertz CT molecular complexity index is 69.0. The van der Waals surface area contributed by atoms with E-state index in [4.69, 9.17) is 0 Å².